The molecule has 1 aromatic carbocycles. The highest BCUT2D eigenvalue weighted by atomic mass is 19.4. The van der Waals surface area contributed by atoms with E-state index in [-0.39, 0.29) is 5.01 Å². The van der Waals surface area contributed by atoms with Crippen LogP contribution in [0.1, 0.15) is 10.4 Å². The fraction of sp³-hybridized carbons (Fsp3) is 0.250. The van der Waals surface area contributed by atoms with E-state index in [9.17, 15) is 36.2 Å². The molecule has 0 aliphatic carbocycles. The second-order valence-corrected chi connectivity index (χ2v) is 4.40. The Bertz CT molecular complexity index is 625. The summed E-state index contributed by atoms with van der Waals surface area (Å²) in [6.45, 7) is 0. The number of aliphatic hydroxyl groups is 1. The van der Waals surface area contributed by atoms with Gasteiger partial charge in [0.05, 0.1) is 0 Å². The van der Waals surface area contributed by atoms with E-state index in [1.807, 2.05) is 5.43 Å². The fourth-order valence-electron chi connectivity index (χ4n) is 1.76. The van der Waals surface area contributed by atoms with Crippen LogP contribution in [-0.2, 0) is 0 Å². The number of nitrogens with one attached hydrogen (secondary N) is 1. The Kier molecular flexibility index (Phi) is 3.93. The maximum absolute atomic E-state index is 12.8. The lowest BCUT2D eigenvalue weighted by atomic mass is 10.1. The minimum Gasteiger partial charge on any atom is -0.406 e. The molecule has 5 nitrogen and oxygen atoms in total. The summed E-state index contributed by atoms with van der Waals surface area (Å²) in [6, 6.07) is 3.19. The number of hydrogen-bond donors (Lipinski definition) is 2. The highest BCUT2D eigenvalue weighted by Gasteiger charge is 2.60. The van der Waals surface area contributed by atoms with Crippen molar-refractivity contribution in [3.05, 3.63) is 42.1 Å². The van der Waals surface area contributed by atoms with Crippen LogP contribution >= 0.6 is 0 Å². The van der Waals surface area contributed by atoms with Crippen LogP contribution in [-0.4, -0.2) is 34.3 Å². The van der Waals surface area contributed by atoms with Gasteiger partial charge in [-0.25, -0.2) is 5.01 Å². The van der Waals surface area contributed by atoms with Crippen molar-refractivity contribution in [3.63, 3.8) is 0 Å². The van der Waals surface area contributed by atoms with Gasteiger partial charge in [-0.1, -0.05) is 0 Å². The van der Waals surface area contributed by atoms with Crippen molar-refractivity contribution < 1.29 is 41.0 Å². The third-order valence-electron chi connectivity index (χ3n) is 2.82. The predicted molar refractivity (Wildman–Crippen MR) is 62.6 cm³/mol. The molecule has 0 spiro atoms. The molecular weight excluding hydrogens is 334 g/mol. The molecule has 126 valence electrons. The first kappa shape index (κ1) is 16.9. The van der Waals surface area contributed by atoms with Gasteiger partial charge in [-0.3, -0.25) is 10.2 Å². The van der Waals surface area contributed by atoms with Gasteiger partial charge in [0, 0.05) is 11.8 Å². The average molecular weight is 342 g/mol. The molecule has 1 aliphatic rings. The van der Waals surface area contributed by atoms with Crippen LogP contribution in [0.3, 0.4) is 0 Å². The monoisotopic (exact) mass is 342 g/mol. The van der Waals surface area contributed by atoms with E-state index in [0.717, 1.165) is 24.3 Å². The van der Waals surface area contributed by atoms with Gasteiger partial charge < -0.3 is 9.84 Å². The van der Waals surface area contributed by atoms with Crippen molar-refractivity contribution in [1.29, 1.82) is 0 Å². The van der Waals surface area contributed by atoms with Crippen molar-refractivity contribution in [2.45, 2.75) is 18.3 Å². The Balaban J connectivity index is 2.21. The highest BCUT2D eigenvalue weighted by Crippen LogP contribution is 2.36. The molecule has 1 heterocycles. The Morgan fingerprint density at radius 2 is 1.70 bits per heavy atom. The predicted octanol–water partition coefficient (Wildman–Crippen LogP) is 2.31. The first-order valence-electron chi connectivity index (χ1n) is 5.87. The van der Waals surface area contributed by atoms with Crippen molar-refractivity contribution in [2.75, 3.05) is 0 Å². The van der Waals surface area contributed by atoms with Gasteiger partial charge in [-0.05, 0) is 30.3 Å². The molecule has 0 saturated carbocycles. The van der Waals surface area contributed by atoms with Crippen molar-refractivity contribution in [1.82, 2.24) is 10.4 Å². The first-order chi connectivity index (χ1) is 10.4. The zero-order chi connectivity index (χ0) is 17.5. The Labute approximate surface area is 124 Å². The number of rotatable bonds is 2. The largest absolute Gasteiger partial charge is 0.573 e. The average Bonchev–Trinajstić information content (AvgIpc) is 2.80. The minimum atomic E-state index is -5.18. The van der Waals surface area contributed by atoms with E-state index in [1.54, 1.807) is 0 Å². The van der Waals surface area contributed by atoms with Gasteiger partial charge in [-0.15, -0.1) is 13.2 Å². The summed E-state index contributed by atoms with van der Waals surface area (Å²) in [7, 11) is 0. The quantitative estimate of drug-likeness (QED) is 0.810. The summed E-state index contributed by atoms with van der Waals surface area (Å²) < 4.78 is 78.1. The molecule has 0 bridgehead atoms. The van der Waals surface area contributed by atoms with Crippen LogP contribution in [0, 0.1) is 0 Å². The second-order valence-electron chi connectivity index (χ2n) is 4.40. The summed E-state index contributed by atoms with van der Waals surface area (Å²) in [5.41, 5.74) is -2.03. The normalized spacial score (nSPS) is 21.3. The topological polar surface area (TPSA) is 61.8 Å². The Morgan fingerprint density at radius 1 is 1.13 bits per heavy atom. The smallest absolute Gasteiger partial charge is 0.406 e. The fourth-order valence-corrected chi connectivity index (χ4v) is 1.76. The molecule has 0 fully saturated rings. The van der Waals surface area contributed by atoms with Crippen molar-refractivity contribution in [3.8, 4) is 5.75 Å². The third-order valence-corrected chi connectivity index (χ3v) is 2.82. The van der Waals surface area contributed by atoms with Gasteiger partial charge in [-0.2, -0.15) is 13.2 Å². The van der Waals surface area contributed by atoms with Crippen LogP contribution in [0.4, 0.5) is 26.3 Å². The van der Waals surface area contributed by atoms with E-state index < -0.39 is 35.5 Å². The van der Waals surface area contributed by atoms with Gasteiger partial charge in [0.2, 0.25) is 0 Å². The Hall–Kier alpha value is -2.43. The number of amides is 1. The molecule has 0 saturated heterocycles. The highest BCUT2D eigenvalue weighted by molar-refractivity contribution is 5.95. The minimum absolute atomic E-state index is 0.0907. The molecule has 1 aromatic rings. The number of halogens is 6. The number of carbonyl (C=O) groups excluding carboxylic acids is 1. The number of benzene rings is 1. The second kappa shape index (κ2) is 5.33. The lowest BCUT2D eigenvalue weighted by Gasteiger charge is -2.33. The number of hydrogen-bond acceptors (Lipinski definition) is 4. The molecule has 1 amide bonds. The summed E-state index contributed by atoms with van der Waals surface area (Å²) in [5, 5.41) is 9.49. The van der Waals surface area contributed by atoms with E-state index in [0.29, 0.717) is 12.3 Å². The van der Waals surface area contributed by atoms with Gasteiger partial charge in [0.15, 0.2) is 0 Å². The third kappa shape index (κ3) is 3.33. The van der Waals surface area contributed by atoms with Gasteiger partial charge in [0.1, 0.15) is 5.75 Å². The molecule has 0 radical (unpaired) electrons. The molecule has 1 aliphatic heterocycles. The SMILES string of the molecule is O=C(c1ccc(OC(F)(F)F)cc1)N1NC=C[C@@]1(O)C(F)(F)F. The van der Waals surface area contributed by atoms with Crippen molar-refractivity contribution in [2.24, 2.45) is 0 Å². The maximum atomic E-state index is 12.8. The zero-order valence-corrected chi connectivity index (χ0v) is 10.9. The molecule has 1 atom stereocenters. The van der Waals surface area contributed by atoms with Crippen LogP contribution in [0.5, 0.6) is 5.75 Å². The summed E-state index contributed by atoms with van der Waals surface area (Å²) >= 11 is 0. The molecule has 11 heteroatoms. The molecule has 2 N–H and O–H groups in total. The zero-order valence-electron chi connectivity index (χ0n) is 10.9. The van der Waals surface area contributed by atoms with Gasteiger partial charge in [0.25, 0.3) is 11.6 Å². The number of nitrogens with zero attached hydrogens (tertiary/aromatic N) is 1. The standard InChI is InChI=1S/C12H8F6N2O3/c13-11(14,15)10(22)5-6-19-20(10)9(21)7-1-3-8(4-2-7)23-12(16,17)18/h1-6,19,22H/t10-/m1/s1. The number of hydrazine groups is 1. The van der Waals surface area contributed by atoms with E-state index in [2.05, 4.69) is 4.74 Å². The van der Waals surface area contributed by atoms with Crippen LogP contribution in [0.15, 0.2) is 36.5 Å². The lowest BCUT2D eigenvalue weighted by Crippen LogP contribution is -2.60. The molecule has 0 unspecified atom stereocenters. The van der Waals surface area contributed by atoms with E-state index >= 15 is 0 Å². The molecular formula is C12H8F6N2O3. The van der Waals surface area contributed by atoms with E-state index in [4.69, 9.17) is 0 Å². The molecule has 23 heavy (non-hydrogen) atoms. The maximum Gasteiger partial charge on any atom is 0.573 e. The lowest BCUT2D eigenvalue weighted by molar-refractivity contribution is -0.283. The number of alkyl halides is 6. The molecule has 2 rings (SSSR count). The van der Waals surface area contributed by atoms with Gasteiger partial charge >= 0.3 is 12.5 Å². The first-order valence-corrected chi connectivity index (χ1v) is 5.87. The van der Waals surface area contributed by atoms with Crippen molar-refractivity contribution >= 4 is 5.91 Å². The summed E-state index contributed by atoms with van der Waals surface area (Å²) in [4.78, 5) is 12.0. The Morgan fingerprint density at radius 3 is 2.17 bits per heavy atom. The summed E-state index contributed by atoms with van der Waals surface area (Å²) in [5.74, 6) is -1.94. The van der Waals surface area contributed by atoms with Crippen LogP contribution in [0.25, 0.3) is 0 Å². The summed E-state index contributed by atoms with van der Waals surface area (Å²) in [6.07, 6.45) is -9.08. The van der Waals surface area contributed by atoms with Crippen LogP contribution in [0.2, 0.25) is 0 Å². The molecule has 0 aromatic heterocycles. The number of carbonyl (C=O) groups is 1. The van der Waals surface area contributed by atoms with E-state index in [1.165, 1.54) is 0 Å². The number of ether oxygens (including phenoxy) is 1. The van der Waals surface area contributed by atoms with Crippen LogP contribution < -0.4 is 10.2 Å².